The van der Waals surface area contributed by atoms with E-state index in [1.807, 2.05) is 38.1 Å². The molecule has 6 heteroatoms. The Morgan fingerprint density at radius 2 is 2.13 bits per heavy atom. The Kier molecular flexibility index (Phi) is 5.87. The number of aromatic nitrogens is 1. The van der Waals surface area contributed by atoms with Gasteiger partial charge in [-0.2, -0.15) is 0 Å². The average Bonchev–Trinajstić information content (AvgIpc) is 2.98. The molecule has 0 fully saturated rings. The van der Waals surface area contributed by atoms with Crippen molar-refractivity contribution in [2.75, 3.05) is 13.6 Å². The number of hydrogen-bond acceptors (Lipinski definition) is 4. The molecule has 1 atom stereocenters. The van der Waals surface area contributed by atoms with Crippen molar-refractivity contribution in [3.63, 3.8) is 0 Å². The van der Waals surface area contributed by atoms with E-state index in [4.69, 9.17) is 0 Å². The first-order valence-electron chi connectivity index (χ1n) is 7.44. The molecule has 122 valence electrons. The van der Waals surface area contributed by atoms with Crippen molar-refractivity contribution in [3.8, 4) is 0 Å². The predicted octanol–water partition coefficient (Wildman–Crippen LogP) is 2.33. The molecule has 0 saturated heterocycles. The van der Waals surface area contributed by atoms with Gasteiger partial charge in [0, 0.05) is 35.7 Å². The van der Waals surface area contributed by atoms with Crippen molar-refractivity contribution in [3.05, 3.63) is 52.0 Å². The third-order valence-corrected chi connectivity index (χ3v) is 4.75. The maximum absolute atomic E-state index is 12.2. The Hall–Kier alpha value is -2.21. The van der Waals surface area contributed by atoms with E-state index in [1.54, 1.807) is 35.7 Å². The number of hydrogen-bond donors (Lipinski definition) is 1. The fourth-order valence-electron chi connectivity index (χ4n) is 2.12. The molecule has 2 aromatic heterocycles. The van der Waals surface area contributed by atoms with Gasteiger partial charge in [-0.05, 0) is 37.6 Å². The number of nitrogens with zero attached hydrogens (tertiary/aromatic N) is 2. The van der Waals surface area contributed by atoms with E-state index in [1.165, 1.54) is 4.88 Å². The number of amides is 2. The van der Waals surface area contributed by atoms with E-state index in [9.17, 15) is 9.59 Å². The lowest BCUT2D eigenvalue weighted by molar-refractivity contribution is -0.132. The van der Waals surface area contributed by atoms with E-state index in [0.717, 1.165) is 10.4 Å². The summed E-state index contributed by atoms with van der Waals surface area (Å²) >= 11 is 1.60. The molecule has 0 radical (unpaired) electrons. The third kappa shape index (κ3) is 4.89. The summed E-state index contributed by atoms with van der Waals surface area (Å²) < 4.78 is 0. The zero-order chi connectivity index (χ0) is 16.8. The van der Waals surface area contributed by atoms with Gasteiger partial charge in [-0.3, -0.25) is 14.6 Å². The minimum Gasteiger partial charge on any atom is -0.346 e. The second-order valence-corrected chi connectivity index (χ2v) is 6.82. The second-order valence-electron chi connectivity index (χ2n) is 5.50. The molecule has 5 nitrogen and oxygen atoms in total. The van der Waals surface area contributed by atoms with Crippen LogP contribution in [0.1, 0.15) is 28.2 Å². The molecule has 0 aliphatic heterocycles. The molecule has 0 bridgehead atoms. The molecular formula is C17H21N3O2S. The quantitative estimate of drug-likeness (QED) is 0.884. The topological polar surface area (TPSA) is 62.3 Å². The predicted molar refractivity (Wildman–Crippen MR) is 91.2 cm³/mol. The normalized spacial score (nSPS) is 11.8. The van der Waals surface area contributed by atoms with E-state index < -0.39 is 0 Å². The van der Waals surface area contributed by atoms with Crippen LogP contribution < -0.4 is 5.32 Å². The number of rotatable bonds is 6. The largest absolute Gasteiger partial charge is 0.346 e. The van der Waals surface area contributed by atoms with Crippen LogP contribution in [0.3, 0.4) is 0 Å². The summed E-state index contributed by atoms with van der Waals surface area (Å²) in [5, 5.41) is 2.72. The average molecular weight is 331 g/mol. The van der Waals surface area contributed by atoms with Crippen LogP contribution in [-0.4, -0.2) is 35.3 Å². The van der Waals surface area contributed by atoms with Crippen molar-refractivity contribution < 1.29 is 9.59 Å². The first-order valence-corrected chi connectivity index (χ1v) is 8.26. The number of carbonyl (C=O) groups excluding carboxylic acids is 2. The van der Waals surface area contributed by atoms with Crippen LogP contribution in [0.15, 0.2) is 36.7 Å². The lowest BCUT2D eigenvalue weighted by Crippen LogP contribution is -2.39. The summed E-state index contributed by atoms with van der Waals surface area (Å²) in [5.41, 5.74) is 0.956. The molecule has 2 heterocycles. The number of carbonyl (C=O) groups is 2. The summed E-state index contributed by atoms with van der Waals surface area (Å²) in [6.07, 6.45) is 3.42. The minimum absolute atomic E-state index is 0.00426. The van der Waals surface area contributed by atoms with E-state index >= 15 is 0 Å². The zero-order valence-corrected chi connectivity index (χ0v) is 14.4. The maximum atomic E-state index is 12.2. The van der Waals surface area contributed by atoms with Gasteiger partial charge in [-0.25, -0.2) is 0 Å². The van der Waals surface area contributed by atoms with Gasteiger partial charge in [-0.15, -0.1) is 11.3 Å². The van der Waals surface area contributed by atoms with Crippen molar-refractivity contribution in [2.24, 2.45) is 0 Å². The Morgan fingerprint density at radius 3 is 2.74 bits per heavy atom. The zero-order valence-electron chi connectivity index (χ0n) is 13.6. The first-order chi connectivity index (χ1) is 11.0. The van der Waals surface area contributed by atoms with Gasteiger partial charge in [-0.1, -0.05) is 6.07 Å². The van der Waals surface area contributed by atoms with Gasteiger partial charge >= 0.3 is 0 Å². The van der Waals surface area contributed by atoms with Crippen LogP contribution in [0.25, 0.3) is 0 Å². The summed E-state index contributed by atoms with van der Waals surface area (Å²) in [7, 11) is 1.72. The monoisotopic (exact) mass is 331 g/mol. The summed E-state index contributed by atoms with van der Waals surface area (Å²) in [6.45, 7) is 4.34. The number of aryl methyl sites for hydroxylation is 1. The highest BCUT2D eigenvalue weighted by molar-refractivity contribution is 7.12. The van der Waals surface area contributed by atoms with E-state index in [0.29, 0.717) is 6.54 Å². The number of pyridine rings is 1. The molecule has 1 unspecified atom stereocenters. The van der Waals surface area contributed by atoms with Crippen molar-refractivity contribution >= 4 is 23.2 Å². The van der Waals surface area contributed by atoms with Crippen molar-refractivity contribution in [1.29, 1.82) is 0 Å². The molecule has 0 aromatic carbocycles. The summed E-state index contributed by atoms with van der Waals surface area (Å²) in [5.74, 6) is -0.503. The number of likely N-dealkylation sites (N-methyl/N-ethyl adjacent to an activating group) is 1. The summed E-state index contributed by atoms with van der Waals surface area (Å²) in [4.78, 5) is 32.0. The van der Waals surface area contributed by atoms with E-state index in [2.05, 4.69) is 10.3 Å². The maximum Gasteiger partial charge on any atom is 0.242 e. The number of nitrogens with one attached hydrogen (secondary N) is 1. The Balaban J connectivity index is 1.82. The summed E-state index contributed by atoms with van der Waals surface area (Å²) in [6, 6.07) is 7.70. The van der Waals surface area contributed by atoms with E-state index in [-0.39, 0.29) is 24.3 Å². The third-order valence-electron chi connectivity index (χ3n) is 3.56. The highest BCUT2D eigenvalue weighted by Crippen LogP contribution is 2.24. The number of thiophene rings is 1. The van der Waals surface area contributed by atoms with Gasteiger partial charge in [0.25, 0.3) is 0 Å². The van der Waals surface area contributed by atoms with Gasteiger partial charge < -0.3 is 10.2 Å². The molecule has 2 amide bonds. The fraction of sp³-hybridized carbons (Fsp3) is 0.353. The molecule has 0 saturated carbocycles. The van der Waals surface area contributed by atoms with Crippen LogP contribution in [0.5, 0.6) is 0 Å². The van der Waals surface area contributed by atoms with Crippen LogP contribution in [0.2, 0.25) is 0 Å². The van der Waals surface area contributed by atoms with Gasteiger partial charge in [0.15, 0.2) is 0 Å². The Bertz CT molecular complexity index is 669. The standard InChI is InChI=1S/C17H21N3O2S/c1-12-6-7-15(23-12)13(2)17(22)19-10-16(21)20(3)11-14-5-4-8-18-9-14/h4-9,13H,10-11H2,1-3H3,(H,19,22). The highest BCUT2D eigenvalue weighted by Gasteiger charge is 2.18. The Labute approximate surface area is 140 Å². The molecular weight excluding hydrogens is 310 g/mol. The molecule has 2 rings (SSSR count). The Morgan fingerprint density at radius 1 is 1.35 bits per heavy atom. The van der Waals surface area contributed by atoms with Crippen LogP contribution in [-0.2, 0) is 16.1 Å². The van der Waals surface area contributed by atoms with Crippen LogP contribution >= 0.6 is 11.3 Å². The van der Waals surface area contributed by atoms with Gasteiger partial charge in [0.2, 0.25) is 11.8 Å². The molecule has 2 aromatic rings. The smallest absolute Gasteiger partial charge is 0.242 e. The van der Waals surface area contributed by atoms with Crippen LogP contribution in [0, 0.1) is 6.92 Å². The second kappa shape index (κ2) is 7.87. The lowest BCUT2D eigenvalue weighted by Gasteiger charge is -2.18. The molecule has 23 heavy (non-hydrogen) atoms. The minimum atomic E-state index is -0.245. The first kappa shape index (κ1) is 17.1. The van der Waals surface area contributed by atoms with Gasteiger partial charge in [0.1, 0.15) is 0 Å². The van der Waals surface area contributed by atoms with Crippen molar-refractivity contribution in [1.82, 2.24) is 15.2 Å². The highest BCUT2D eigenvalue weighted by atomic mass is 32.1. The van der Waals surface area contributed by atoms with Crippen molar-refractivity contribution in [2.45, 2.75) is 26.3 Å². The lowest BCUT2D eigenvalue weighted by atomic mass is 10.1. The SMILES string of the molecule is Cc1ccc(C(C)C(=O)NCC(=O)N(C)Cc2cccnc2)s1. The fourth-order valence-corrected chi connectivity index (χ4v) is 3.05. The molecule has 1 N–H and O–H groups in total. The van der Waals surface area contributed by atoms with Crippen LogP contribution in [0.4, 0.5) is 0 Å². The molecule has 0 aliphatic carbocycles. The van der Waals surface area contributed by atoms with Gasteiger partial charge in [0.05, 0.1) is 12.5 Å². The molecule has 0 aliphatic rings. The molecule has 0 spiro atoms.